The topological polar surface area (TPSA) is 119 Å². The Hall–Kier alpha value is -3.20. The van der Waals surface area contributed by atoms with E-state index in [0.29, 0.717) is 18.7 Å². The van der Waals surface area contributed by atoms with Gasteiger partial charge in [0, 0.05) is 41.9 Å². The first-order valence-electron chi connectivity index (χ1n) is 10.4. The summed E-state index contributed by atoms with van der Waals surface area (Å²) in [4.78, 5) is 33.5. The number of anilines is 1. The molecule has 2 aromatic carbocycles. The summed E-state index contributed by atoms with van der Waals surface area (Å²) in [7, 11) is 2.11. The van der Waals surface area contributed by atoms with E-state index in [-0.39, 0.29) is 11.8 Å². The first-order valence-corrected chi connectivity index (χ1v) is 10.8. The van der Waals surface area contributed by atoms with Crippen LogP contribution in [0.5, 0.6) is 0 Å². The molecule has 0 bridgehead atoms. The van der Waals surface area contributed by atoms with Gasteiger partial charge in [0.2, 0.25) is 5.91 Å². The summed E-state index contributed by atoms with van der Waals surface area (Å²) >= 11 is 6.04. The van der Waals surface area contributed by atoms with Crippen LogP contribution in [0.1, 0.15) is 29.5 Å². The molecule has 1 heterocycles. The zero-order chi connectivity index (χ0) is 24.4. The number of hydrogen-bond acceptors (Lipinski definition) is 5. The number of aliphatic carboxylic acids is 2. The molecular weight excluding hydrogens is 446 g/mol. The molecule has 8 nitrogen and oxygen atoms in total. The molecule has 0 saturated heterocycles. The van der Waals surface area contributed by atoms with Crippen LogP contribution in [0.4, 0.5) is 5.69 Å². The van der Waals surface area contributed by atoms with E-state index < -0.39 is 11.9 Å². The minimum atomic E-state index is -1.26. The molecule has 0 saturated carbocycles. The number of carboxylic acids is 2. The Labute approximate surface area is 197 Å². The molecule has 1 unspecified atom stereocenters. The molecule has 2 aromatic rings. The largest absolute Gasteiger partial charge is 0.478 e. The highest BCUT2D eigenvalue weighted by atomic mass is 35.5. The van der Waals surface area contributed by atoms with Crippen LogP contribution in [0.3, 0.4) is 0 Å². The van der Waals surface area contributed by atoms with Gasteiger partial charge in [-0.15, -0.1) is 0 Å². The first kappa shape index (κ1) is 26.1. The number of rotatable bonds is 7. The number of nitrogens with one attached hydrogen (secondary N) is 2. The maximum atomic E-state index is 12.1. The number of halogens is 1. The van der Waals surface area contributed by atoms with E-state index in [0.717, 1.165) is 30.3 Å². The molecule has 0 spiro atoms. The fourth-order valence-electron chi connectivity index (χ4n) is 3.52. The zero-order valence-electron chi connectivity index (χ0n) is 18.5. The minimum absolute atomic E-state index is 0.00785. The molecule has 1 atom stereocenters. The van der Waals surface area contributed by atoms with Crippen LogP contribution in [0.15, 0.2) is 54.6 Å². The molecule has 4 N–H and O–H groups in total. The van der Waals surface area contributed by atoms with E-state index in [4.69, 9.17) is 21.8 Å². The lowest BCUT2D eigenvalue weighted by Gasteiger charge is -2.34. The van der Waals surface area contributed by atoms with Gasteiger partial charge in [0.15, 0.2) is 0 Å². The highest BCUT2D eigenvalue weighted by Crippen LogP contribution is 2.36. The molecule has 176 valence electrons. The summed E-state index contributed by atoms with van der Waals surface area (Å²) in [6.07, 6.45) is 1.12. The zero-order valence-corrected chi connectivity index (χ0v) is 19.3. The van der Waals surface area contributed by atoms with Gasteiger partial charge < -0.3 is 25.7 Å². The maximum absolute atomic E-state index is 12.1. The fourth-order valence-corrected chi connectivity index (χ4v) is 3.65. The number of fused-ring (bicyclic) bond motifs is 1. The van der Waals surface area contributed by atoms with Crippen molar-refractivity contribution >= 4 is 35.1 Å². The van der Waals surface area contributed by atoms with Crippen molar-refractivity contribution in [1.82, 2.24) is 10.2 Å². The number of amides is 1. The smallest absolute Gasteiger partial charge is 0.328 e. The predicted molar refractivity (Wildman–Crippen MR) is 128 cm³/mol. The second kappa shape index (κ2) is 12.7. The molecule has 33 heavy (non-hydrogen) atoms. The predicted octanol–water partition coefficient (Wildman–Crippen LogP) is 3.18. The second-order valence-electron chi connectivity index (χ2n) is 7.51. The van der Waals surface area contributed by atoms with E-state index in [9.17, 15) is 14.4 Å². The highest BCUT2D eigenvalue weighted by Gasteiger charge is 2.26. The molecular formula is C24H28ClN3O5. The van der Waals surface area contributed by atoms with Gasteiger partial charge in [0.25, 0.3) is 0 Å². The molecule has 1 aliphatic heterocycles. The van der Waals surface area contributed by atoms with Crippen LogP contribution >= 0.6 is 11.6 Å². The van der Waals surface area contributed by atoms with Gasteiger partial charge >= 0.3 is 11.9 Å². The Balaban J connectivity index is 0.000000414. The Morgan fingerprint density at radius 1 is 1.09 bits per heavy atom. The van der Waals surface area contributed by atoms with Crippen LogP contribution in [0.2, 0.25) is 5.02 Å². The normalized spacial score (nSPS) is 15.3. The molecule has 0 aromatic heterocycles. The second-order valence-corrected chi connectivity index (χ2v) is 7.95. The summed E-state index contributed by atoms with van der Waals surface area (Å²) in [5, 5.41) is 22.5. The van der Waals surface area contributed by atoms with E-state index in [1.807, 2.05) is 31.2 Å². The number of nitrogens with zero attached hydrogens (tertiary/aromatic N) is 1. The van der Waals surface area contributed by atoms with E-state index in [1.165, 1.54) is 16.7 Å². The van der Waals surface area contributed by atoms with Gasteiger partial charge in [-0.25, -0.2) is 9.59 Å². The molecule has 1 aliphatic rings. The molecule has 9 heteroatoms. The van der Waals surface area contributed by atoms with E-state index in [1.54, 1.807) is 0 Å². The Morgan fingerprint density at radius 2 is 1.73 bits per heavy atom. The fraction of sp³-hybridized carbons (Fsp3) is 0.292. The van der Waals surface area contributed by atoms with E-state index >= 15 is 0 Å². The molecule has 0 aliphatic carbocycles. The van der Waals surface area contributed by atoms with Crippen LogP contribution in [-0.4, -0.2) is 59.6 Å². The SMILES string of the molecule is CCNCC(=O)Nc1cccc2c1CN(C)CC2c1ccc(Cl)cc1.O=C(O)/C=C\C(=O)O. The van der Waals surface area contributed by atoms with Gasteiger partial charge in [-0.2, -0.15) is 0 Å². The summed E-state index contributed by atoms with van der Waals surface area (Å²) in [6, 6.07) is 14.2. The lowest BCUT2D eigenvalue weighted by atomic mass is 9.84. The van der Waals surface area contributed by atoms with Crippen molar-refractivity contribution in [2.75, 3.05) is 32.0 Å². The number of carbonyl (C=O) groups excluding carboxylic acids is 1. The van der Waals surface area contributed by atoms with Crippen molar-refractivity contribution in [2.24, 2.45) is 0 Å². The number of hydrogen-bond donors (Lipinski definition) is 4. The highest BCUT2D eigenvalue weighted by molar-refractivity contribution is 6.30. The third-order valence-corrected chi connectivity index (χ3v) is 5.21. The number of carbonyl (C=O) groups is 3. The van der Waals surface area contributed by atoms with Crippen LogP contribution in [0.25, 0.3) is 0 Å². The average molecular weight is 474 g/mol. The van der Waals surface area contributed by atoms with Crippen LogP contribution in [0, 0.1) is 0 Å². The van der Waals surface area contributed by atoms with Crippen LogP contribution in [-0.2, 0) is 20.9 Å². The van der Waals surface area contributed by atoms with Crippen molar-refractivity contribution in [3.05, 3.63) is 76.3 Å². The van der Waals surface area contributed by atoms with Crippen molar-refractivity contribution in [2.45, 2.75) is 19.4 Å². The summed E-state index contributed by atoms with van der Waals surface area (Å²) in [5.41, 5.74) is 4.63. The average Bonchev–Trinajstić information content (AvgIpc) is 2.77. The molecule has 0 fully saturated rings. The monoisotopic (exact) mass is 473 g/mol. The maximum Gasteiger partial charge on any atom is 0.328 e. The Morgan fingerprint density at radius 3 is 2.30 bits per heavy atom. The van der Waals surface area contributed by atoms with Gasteiger partial charge in [0.05, 0.1) is 6.54 Å². The minimum Gasteiger partial charge on any atom is -0.478 e. The van der Waals surface area contributed by atoms with Crippen molar-refractivity contribution < 1.29 is 24.6 Å². The number of benzene rings is 2. The van der Waals surface area contributed by atoms with Gasteiger partial charge in [0.1, 0.15) is 0 Å². The Bertz CT molecular complexity index is 992. The standard InChI is InChI=1S/C20H24ClN3O.C4H4O4/c1-3-22-11-20(25)23-19-6-4-5-16-17(12-24(2)13-18(16)19)14-7-9-15(21)10-8-14;5-3(6)1-2-4(7)8/h4-10,17,22H,3,11-13H2,1-2H3,(H,23,25);1-2H,(H,5,6)(H,7,8)/b;2-1-. The number of carboxylic acid groups (broad SMARTS) is 2. The third kappa shape index (κ3) is 8.34. The summed E-state index contributed by atoms with van der Waals surface area (Å²) in [6.45, 7) is 4.88. The number of likely N-dealkylation sites (N-methyl/N-ethyl adjacent to an activating group) is 2. The first-order chi connectivity index (χ1) is 15.7. The molecule has 1 amide bonds. The quantitative estimate of drug-likeness (QED) is 0.456. The summed E-state index contributed by atoms with van der Waals surface area (Å²) in [5.74, 6) is -2.25. The summed E-state index contributed by atoms with van der Waals surface area (Å²) < 4.78 is 0. The lowest BCUT2D eigenvalue weighted by Crippen LogP contribution is -2.33. The third-order valence-electron chi connectivity index (χ3n) is 4.96. The van der Waals surface area contributed by atoms with Crippen molar-refractivity contribution in [3.8, 4) is 0 Å². The van der Waals surface area contributed by atoms with Gasteiger partial charge in [-0.05, 0) is 48.5 Å². The van der Waals surface area contributed by atoms with Crippen molar-refractivity contribution in [1.29, 1.82) is 0 Å². The van der Waals surface area contributed by atoms with Crippen molar-refractivity contribution in [3.63, 3.8) is 0 Å². The molecule has 3 rings (SSSR count). The van der Waals surface area contributed by atoms with Gasteiger partial charge in [-0.3, -0.25) is 4.79 Å². The van der Waals surface area contributed by atoms with E-state index in [2.05, 4.69) is 40.8 Å². The van der Waals surface area contributed by atoms with Gasteiger partial charge in [-0.1, -0.05) is 42.8 Å². The lowest BCUT2D eigenvalue weighted by molar-refractivity contribution is -0.134. The van der Waals surface area contributed by atoms with Crippen LogP contribution < -0.4 is 10.6 Å². The molecule has 0 radical (unpaired) electrons. The Kier molecular flexibility index (Phi) is 10.1.